The minimum atomic E-state index is 0.691. The van der Waals surface area contributed by atoms with Gasteiger partial charge in [-0.25, -0.2) is 15.0 Å². The molecule has 0 radical (unpaired) electrons. The van der Waals surface area contributed by atoms with Crippen molar-refractivity contribution in [1.29, 1.82) is 0 Å². The first-order valence-electron chi connectivity index (χ1n) is 38.2. The molecule has 23 aromatic rings. The second-order valence-corrected chi connectivity index (χ2v) is 28.9. The summed E-state index contributed by atoms with van der Waals surface area (Å²) in [4.78, 5) is 15.9. The number of hydrogen-bond donors (Lipinski definition) is 0. The van der Waals surface area contributed by atoms with Crippen molar-refractivity contribution in [3.8, 4) is 90.3 Å². The Labute approximate surface area is 645 Å². The van der Waals surface area contributed by atoms with Crippen LogP contribution in [0.4, 0.5) is 0 Å². The molecule has 0 saturated heterocycles. The van der Waals surface area contributed by atoms with E-state index in [2.05, 4.69) is 425 Å². The lowest BCUT2D eigenvalue weighted by molar-refractivity contribution is 1.16. The van der Waals surface area contributed by atoms with Gasteiger partial charge in [0.15, 0.2) is 5.82 Å². The van der Waals surface area contributed by atoms with Crippen LogP contribution in [0.25, 0.3) is 210 Å². The van der Waals surface area contributed by atoms with Crippen LogP contribution in [0.5, 0.6) is 0 Å². The molecule has 17 aromatic carbocycles. The Balaban J connectivity index is 0.000000138. The van der Waals surface area contributed by atoms with Crippen molar-refractivity contribution in [2.75, 3.05) is 0 Å². The van der Waals surface area contributed by atoms with Crippen LogP contribution in [0.15, 0.2) is 406 Å². The number of para-hydroxylation sites is 6. The first kappa shape index (κ1) is 64.2. The van der Waals surface area contributed by atoms with Gasteiger partial charge in [0.25, 0.3) is 0 Å². The first-order valence-corrected chi connectivity index (χ1v) is 38.2. The van der Waals surface area contributed by atoms with Crippen LogP contribution in [0, 0.1) is 0 Å². The third kappa shape index (κ3) is 10.5. The molecular formula is C105H67N7. The quantitative estimate of drug-likeness (QED) is 0.137. The maximum Gasteiger partial charge on any atom is 0.160 e. The average molecular weight is 1430 g/mol. The summed E-state index contributed by atoms with van der Waals surface area (Å²) in [6.45, 7) is 0. The molecule has 0 bridgehead atoms. The number of fused-ring (bicyclic) bond motifs is 17. The summed E-state index contributed by atoms with van der Waals surface area (Å²) in [6, 6.07) is 146. The summed E-state index contributed by atoms with van der Waals surface area (Å²) in [5.41, 5.74) is 25.4. The molecule has 0 N–H and O–H groups in total. The van der Waals surface area contributed by atoms with Gasteiger partial charge >= 0.3 is 0 Å². The molecule has 0 atom stereocenters. The Hall–Kier alpha value is -15.1. The molecule has 6 heterocycles. The van der Waals surface area contributed by atoms with Gasteiger partial charge in [-0.05, 0) is 159 Å². The normalized spacial score (nSPS) is 11.8. The van der Waals surface area contributed by atoms with Crippen molar-refractivity contribution in [2.45, 2.75) is 0 Å². The fourth-order valence-corrected chi connectivity index (χ4v) is 17.6. The molecule has 7 nitrogen and oxygen atoms in total. The number of aromatic nitrogens is 7. The Morgan fingerprint density at radius 1 is 0.170 bits per heavy atom. The van der Waals surface area contributed by atoms with Crippen LogP contribution >= 0.6 is 0 Å². The largest absolute Gasteiger partial charge is 0.309 e. The first-order chi connectivity index (χ1) is 55.6. The van der Waals surface area contributed by atoms with Crippen molar-refractivity contribution in [1.82, 2.24) is 33.2 Å². The van der Waals surface area contributed by atoms with Gasteiger partial charge in [-0.2, -0.15) is 0 Å². The Morgan fingerprint density at radius 3 is 0.938 bits per heavy atom. The molecule has 6 aromatic heterocycles. The number of benzene rings is 17. The molecule has 0 aliphatic rings. The highest BCUT2D eigenvalue weighted by molar-refractivity contribution is 6.28. The van der Waals surface area contributed by atoms with Crippen LogP contribution in [0.2, 0.25) is 0 Å². The van der Waals surface area contributed by atoms with Crippen LogP contribution in [-0.2, 0) is 0 Å². The van der Waals surface area contributed by atoms with Gasteiger partial charge in [-0.15, -0.1) is 0 Å². The van der Waals surface area contributed by atoms with Crippen molar-refractivity contribution in [2.24, 2.45) is 0 Å². The maximum absolute atomic E-state index is 5.33. The number of rotatable bonds is 10. The summed E-state index contributed by atoms with van der Waals surface area (Å²) in [5, 5.41) is 17.1. The summed E-state index contributed by atoms with van der Waals surface area (Å²) >= 11 is 0. The zero-order chi connectivity index (χ0) is 73.7. The lowest BCUT2D eigenvalue weighted by Gasteiger charge is -2.13. The van der Waals surface area contributed by atoms with Gasteiger partial charge in [0.1, 0.15) is 0 Å². The van der Waals surface area contributed by atoms with Gasteiger partial charge in [-0.1, -0.05) is 291 Å². The summed E-state index contributed by atoms with van der Waals surface area (Å²) in [5.74, 6) is 0.691. The zero-order valence-corrected chi connectivity index (χ0v) is 60.8. The fourth-order valence-electron chi connectivity index (χ4n) is 17.6. The number of pyridine rings is 1. The fraction of sp³-hybridized carbons (Fsp3) is 0. The smallest absolute Gasteiger partial charge is 0.160 e. The predicted octanol–water partition coefficient (Wildman–Crippen LogP) is 27.4. The third-order valence-corrected chi connectivity index (χ3v) is 22.6. The molecule has 522 valence electrons. The molecule has 0 unspecified atom stereocenters. The Kier molecular flexibility index (Phi) is 15.1. The lowest BCUT2D eigenvalue weighted by Crippen LogP contribution is -1.98. The zero-order valence-electron chi connectivity index (χ0n) is 60.8. The van der Waals surface area contributed by atoms with E-state index in [1.54, 1.807) is 0 Å². The third-order valence-electron chi connectivity index (χ3n) is 22.6. The highest BCUT2D eigenvalue weighted by Gasteiger charge is 2.25. The van der Waals surface area contributed by atoms with Gasteiger partial charge < -0.3 is 18.3 Å². The monoisotopic (exact) mass is 1430 g/mol. The van der Waals surface area contributed by atoms with E-state index < -0.39 is 0 Å². The van der Waals surface area contributed by atoms with E-state index in [4.69, 9.17) is 15.0 Å². The molecule has 7 heteroatoms. The van der Waals surface area contributed by atoms with Crippen molar-refractivity contribution < 1.29 is 0 Å². The summed E-state index contributed by atoms with van der Waals surface area (Å²) < 4.78 is 9.68. The average Bonchev–Trinajstić information content (AvgIpc) is 1.55. The van der Waals surface area contributed by atoms with Gasteiger partial charge in [0.2, 0.25) is 0 Å². The van der Waals surface area contributed by atoms with Crippen LogP contribution in [0.3, 0.4) is 0 Å². The predicted molar refractivity (Wildman–Crippen MR) is 469 cm³/mol. The van der Waals surface area contributed by atoms with Gasteiger partial charge in [0, 0.05) is 93.7 Å². The Bertz CT molecular complexity index is 7550. The number of nitrogens with zero attached hydrogens (tertiary/aromatic N) is 7. The molecule has 0 aliphatic carbocycles. The summed E-state index contributed by atoms with van der Waals surface area (Å²) in [7, 11) is 0. The minimum Gasteiger partial charge on any atom is -0.309 e. The Morgan fingerprint density at radius 2 is 0.500 bits per heavy atom. The molecule has 0 saturated carbocycles. The van der Waals surface area contributed by atoms with E-state index in [-0.39, 0.29) is 0 Å². The lowest BCUT2D eigenvalue weighted by atomic mass is 9.97. The van der Waals surface area contributed by atoms with Crippen molar-refractivity contribution in [3.05, 3.63) is 406 Å². The molecule has 23 rings (SSSR count). The molecule has 112 heavy (non-hydrogen) atoms. The standard InChI is InChI=1S/C54H34N4.C51H33N3/c1-2-18-38(19-3-1)58-49-26-10-8-22-44(49)45-32-33-51-52(53(45)58)46-23-9-11-27-50(46)57(51)39-30-28-37(29-31-39)54-55-47(42-24-12-16-35-14-4-6-20-40(35)42)34-48(56-54)43-25-13-17-36-15-5-7-21-41(36)43;1-3-14-34(15-4-1)37-32-45(52-46(33-37)41-23-13-17-35-16-7-8-20-40(35)41)36-26-28-39(29-27-36)53-48-25-12-10-22-44(48)50-49(53)31-30-43-42-21-9-11-24-47(42)54(51(43)50)38-18-5-2-6-19-38/h1-34H;1-33H. The van der Waals surface area contributed by atoms with E-state index in [0.29, 0.717) is 5.82 Å². The molecule has 0 spiro atoms. The highest BCUT2D eigenvalue weighted by Crippen LogP contribution is 2.46. The van der Waals surface area contributed by atoms with E-state index in [0.717, 1.165) is 89.9 Å². The van der Waals surface area contributed by atoms with Crippen molar-refractivity contribution >= 4 is 120 Å². The second kappa shape index (κ2) is 26.4. The molecule has 0 aliphatic heterocycles. The van der Waals surface area contributed by atoms with Crippen LogP contribution in [0.1, 0.15) is 0 Å². The van der Waals surface area contributed by atoms with Crippen LogP contribution < -0.4 is 0 Å². The minimum absolute atomic E-state index is 0.691. The SMILES string of the molecule is c1ccc(-c2cc(-c3ccc(-n4c5ccccc5c5c4ccc4c6ccccc6n(-c6ccccc6)c45)cc3)nc(-c3cccc4ccccc34)c2)cc1.c1ccc(-n2c3ccccc3c3ccc4c(c5ccccc5n4-c4ccc(-c5nc(-c6cccc7ccccc67)cc(-c6cccc7ccccc67)n5)cc4)c32)cc1. The van der Waals surface area contributed by atoms with Gasteiger partial charge in [0.05, 0.1) is 66.9 Å². The molecule has 0 amide bonds. The van der Waals surface area contributed by atoms with E-state index in [9.17, 15) is 0 Å². The van der Waals surface area contributed by atoms with Gasteiger partial charge in [-0.3, -0.25) is 0 Å². The molecule has 0 fully saturated rings. The molecular weight excluding hydrogens is 1360 g/mol. The van der Waals surface area contributed by atoms with E-state index in [1.807, 2.05) is 0 Å². The summed E-state index contributed by atoms with van der Waals surface area (Å²) in [6.07, 6.45) is 0. The van der Waals surface area contributed by atoms with Crippen LogP contribution in [-0.4, -0.2) is 33.2 Å². The van der Waals surface area contributed by atoms with E-state index in [1.165, 1.54) is 114 Å². The number of hydrogen-bond acceptors (Lipinski definition) is 3. The topological polar surface area (TPSA) is 58.4 Å². The second-order valence-electron chi connectivity index (χ2n) is 28.9. The maximum atomic E-state index is 5.33. The van der Waals surface area contributed by atoms with E-state index >= 15 is 0 Å². The van der Waals surface area contributed by atoms with Crippen molar-refractivity contribution in [3.63, 3.8) is 0 Å². The highest BCUT2D eigenvalue weighted by atomic mass is 15.0.